The largest absolute Gasteiger partial charge is 0.347 e. The van der Waals surface area contributed by atoms with Crippen molar-refractivity contribution in [1.82, 2.24) is 14.9 Å². The molecule has 0 aliphatic rings. The van der Waals surface area contributed by atoms with Crippen molar-refractivity contribution in [2.24, 2.45) is 0 Å². The molecule has 0 bridgehead atoms. The Kier molecular flexibility index (Phi) is 4.03. The summed E-state index contributed by atoms with van der Waals surface area (Å²) in [6, 6.07) is 1.78. The smallest absolute Gasteiger partial charge is 0.312 e. The van der Waals surface area contributed by atoms with Gasteiger partial charge in [-0.2, -0.15) is 0 Å². The highest BCUT2D eigenvalue weighted by Gasteiger charge is 2.07. The summed E-state index contributed by atoms with van der Waals surface area (Å²) in [7, 11) is 0. The number of nitrogens with one attached hydrogen (secondary N) is 1. The summed E-state index contributed by atoms with van der Waals surface area (Å²) in [5.41, 5.74) is -0.0341. The fraction of sp³-hybridized carbons (Fsp3) is 0.636. The summed E-state index contributed by atoms with van der Waals surface area (Å²) in [4.78, 5) is 14.9. The standard InChI is InChI=1S/C11H19N3O/c1-11(2,3)13-7-5-9-14-8-4-6-12-10(14)15/h4,6,8,13H,5,7,9H2,1-3H3. The van der Waals surface area contributed by atoms with E-state index in [4.69, 9.17) is 0 Å². The molecule has 15 heavy (non-hydrogen) atoms. The van der Waals surface area contributed by atoms with E-state index in [9.17, 15) is 4.79 Å². The van der Waals surface area contributed by atoms with Crippen LogP contribution < -0.4 is 11.0 Å². The second-order valence-electron chi connectivity index (χ2n) is 4.63. The molecule has 1 rings (SSSR count). The molecule has 0 spiro atoms. The number of aryl methyl sites for hydroxylation is 1. The lowest BCUT2D eigenvalue weighted by Crippen LogP contribution is -2.37. The van der Waals surface area contributed by atoms with Crippen LogP contribution in [0.3, 0.4) is 0 Å². The molecule has 0 aliphatic heterocycles. The Labute approximate surface area is 90.3 Å². The van der Waals surface area contributed by atoms with Crippen molar-refractivity contribution in [2.75, 3.05) is 6.54 Å². The third-order valence-corrected chi connectivity index (χ3v) is 2.01. The number of aromatic nitrogens is 2. The van der Waals surface area contributed by atoms with Crippen molar-refractivity contribution in [3.63, 3.8) is 0 Å². The lowest BCUT2D eigenvalue weighted by molar-refractivity contribution is 0.412. The Balaban J connectivity index is 2.33. The second-order valence-corrected chi connectivity index (χ2v) is 4.63. The summed E-state index contributed by atoms with van der Waals surface area (Å²) in [5, 5.41) is 3.38. The molecule has 1 N–H and O–H groups in total. The molecule has 84 valence electrons. The number of hydrogen-bond acceptors (Lipinski definition) is 3. The minimum atomic E-state index is -0.173. The average molecular weight is 209 g/mol. The van der Waals surface area contributed by atoms with Gasteiger partial charge in [0.1, 0.15) is 0 Å². The maximum absolute atomic E-state index is 11.2. The second kappa shape index (κ2) is 5.07. The Bertz CT molecular complexity index is 351. The van der Waals surface area contributed by atoms with Gasteiger partial charge in [-0.05, 0) is 39.8 Å². The Morgan fingerprint density at radius 3 is 2.80 bits per heavy atom. The zero-order valence-corrected chi connectivity index (χ0v) is 9.66. The molecule has 1 heterocycles. The van der Waals surface area contributed by atoms with Crippen molar-refractivity contribution in [1.29, 1.82) is 0 Å². The molecule has 4 nitrogen and oxygen atoms in total. The molecule has 0 aliphatic carbocycles. The molecular weight excluding hydrogens is 190 g/mol. The van der Waals surface area contributed by atoms with Crippen molar-refractivity contribution >= 4 is 0 Å². The van der Waals surface area contributed by atoms with Crippen molar-refractivity contribution in [3.8, 4) is 0 Å². The van der Waals surface area contributed by atoms with E-state index in [1.54, 1.807) is 16.8 Å². The van der Waals surface area contributed by atoms with Gasteiger partial charge < -0.3 is 5.32 Å². The van der Waals surface area contributed by atoms with Gasteiger partial charge in [0.2, 0.25) is 0 Å². The van der Waals surface area contributed by atoms with Gasteiger partial charge in [0.05, 0.1) is 0 Å². The zero-order valence-electron chi connectivity index (χ0n) is 9.66. The van der Waals surface area contributed by atoms with Crippen molar-refractivity contribution in [2.45, 2.75) is 39.3 Å². The van der Waals surface area contributed by atoms with Crippen LogP contribution >= 0.6 is 0 Å². The summed E-state index contributed by atoms with van der Waals surface area (Å²) in [5.74, 6) is 0. The summed E-state index contributed by atoms with van der Waals surface area (Å²) in [6.45, 7) is 8.01. The topological polar surface area (TPSA) is 46.9 Å². The molecule has 1 aromatic heterocycles. The van der Waals surface area contributed by atoms with Gasteiger partial charge in [-0.1, -0.05) is 0 Å². The summed E-state index contributed by atoms with van der Waals surface area (Å²) in [6.07, 6.45) is 4.22. The maximum atomic E-state index is 11.2. The monoisotopic (exact) mass is 209 g/mol. The van der Waals surface area contributed by atoms with Crippen LogP contribution in [-0.4, -0.2) is 21.6 Å². The minimum absolute atomic E-state index is 0.139. The predicted molar refractivity (Wildman–Crippen MR) is 60.9 cm³/mol. The SMILES string of the molecule is CC(C)(C)NCCCn1cccnc1=O. The maximum Gasteiger partial charge on any atom is 0.347 e. The number of nitrogens with zero attached hydrogens (tertiary/aromatic N) is 2. The van der Waals surface area contributed by atoms with Gasteiger partial charge in [-0.3, -0.25) is 4.57 Å². The first-order valence-corrected chi connectivity index (χ1v) is 5.25. The predicted octanol–water partition coefficient (Wildman–Crippen LogP) is 1.02. The van der Waals surface area contributed by atoms with E-state index in [0.717, 1.165) is 19.5 Å². The van der Waals surface area contributed by atoms with E-state index in [2.05, 4.69) is 31.1 Å². The van der Waals surface area contributed by atoms with Gasteiger partial charge in [0, 0.05) is 24.5 Å². The Hall–Kier alpha value is -1.16. The molecule has 0 fully saturated rings. The molecule has 0 saturated carbocycles. The van der Waals surface area contributed by atoms with Crippen molar-refractivity contribution in [3.05, 3.63) is 28.9 Å². The first-order chi connectivity index (χ1) is 6.99. The molecule has 0 radical (unpaired) electrons. The van der Waals surface area contributed by atoms with Crippen LogP contribution in [0.15, 0.2) is 23.3 Å². The fourth-order valence-corrected chi connectivity index (χ4v) is 1.27. The zero-order chi connectivity index (χ0) is 11.3. The summed E-state index contributed by atoms with van der Waals surface area (Å²) >= 11 is 0. The molecule has 0 aromatic carbocycles. The van der Waals surface area contributed by atoms with Gasteiger partial charge in [-0.15, -0.1) is 0 Å². The van der Waals surface area contributed by atoms with E-state index in [1.807, 2.05) is 0 Å². The fourth-order valence-electron chi connectivity index (χ4n) is 1.27. The van der Waals surface area contributed by atoms with E-state index in [1.165, 1.54) is 6.20 Å². The van der Waals surface area contributed by atoms with Crippen LogP contribution in [0.5, 0.6) is 0 Å². The van der Waals surface area contributed by atoms with Gasteiger partial charge >= 0.3 is 5.69 Å². The lowest BCUT2D eigenvalue weighted by Gasteiger charge is -2.20. The highest BCUT2D eigenvalue weighted by atomic mass is 16.1. The van der Waals surface area contributed by atoms with Crippen LogP contribution in [0.2, 0.25) is 0 Å². The Morgan fingerprint density at radius 2 is 2.20 bits per heavy atom. The lowest BCUT2D eigenvalue weighted by atomic mass is 10.1. The Morgan fingerprint density at radius 1 is 1.47 bits per heavy atom. The molecule has 0 amide bonds. The first-order valence-electron chi connectivity index (χ1n) is 5.25. The van der Waals surface area contributed by atoms with Crippen LogP contribution in [0.1, 0.15) is 27.2 Å². The first kappa shape index (κ1) is 11.9. The molecule has 1 aromatic rings. The average Bonchev–Trinajstić information content (AvgIpc) is 2.13. The minimum Gasteiger partial charge on any atom is -0.312 e. The third kappa shape index (κ3) is 4.74. The van der Waals surface area contributed by atoms with Crippen LogP contribution in [0.25, 0.3) is 0 Å². The van der Waals surface area contributed by atoms with E-state index >= 15 is 0 Å². The quantitative estimate of drug-likeness (QED) is 0.753. The molecule has 0 saturated heterocycles. The van der Waals surface area contributed by atoms with Gasteiger partial charge in [0.25, 0.3) is 0 Å². The molecular formula is C11H19N3O. The molecule has 0 unspecified atom stereocenters. The van der Waals surface area contributed by atoms with E-state index in [-0.39, 0.29) is 11.2 Å². The normalized spacial score (nSPS) is 11.7. The van der Waals surface area contributed by atoms with Gasteiger partial charge in [0.15, 0.2) is 0 Å². The molecule has 4 heteroatoms. The highest BCUT2D eigenvalue weighted by Crippen LogP contribution is 1.98. The van der Waals surface area contributed by atoms with E-state index < -0.39 is 0 Å². The highest BCUT2D eigenvalue weighted by molar-refractivity contribution is 4.81. The van der Waals surface area contributed by atoms with Gasteiger partial charge in [-0.25, -0.2) is 9.78 Å². The third-order valence-electron chi connectivity index (χ3n) is 2.01. The number of rotatable bonds is 4. The van der Waals surface area contributed by atoms with Crippen molar-refractivity contribution < 1.29 is 0 Å². The van der Waals surface area contributed by atoms with E-state index in [0.29, 0.717) is 0 Å². The van der Waals surface area contributed by atoms with Crippen LogP contribution in [0.4, 0.5) is 0 Å². The number of hydrogen-bond donors (Lipinski definition) is 1. The van der Waals surface area contributed by atoms with Crippen LogP contribution in [0, 0.1) is 0 Å². The van der Waals surface area contributed by atoms with Crippen LogP contribution in [-0.2, 0) is 6.54 Å². The summed E-state index contributed by atoms with van der Waals surface area (Å²) < 4.78 is 1.63. The molecule has 0 atom stereocenters.